The summed E-state index contributed by atoms with van der Waals surface area (Å²) in [6.45, 7) is 10.1. The molecule has 2 aromatic rings. The zero-order chi connectivity index (χ0) is 19.6. The Kier molecular flexibility index (Phi) is 5.78. The summed E-state index contributed by atoms with van der Waals surface area (Å²) in [4.78, 5) is 26.5. The van der Waals surface area contributed by atoms with Gasteiger partial charge in [0.25, 0.3) is 5.91 Å². The number of hydrogen-bond donors (Lipinski definition) is 0. The van der Waals surface area contributed by atoms with Crippen molar-refractivity contribution in [3.05, 3.63) is 41.6 Å². The highest BCUT2D eigenvalue weighted by Gasteiger charge is 2.26. The van der Waals surface area contributed by atoms with Gasteiger partial charge in [0.2, 0.25) is 0 Å². The number of benzene rings is 1. The SMILES string of the molecule is Cc1cccc(-c2ncc(C(=O)N3CCC(C)CC3)c(N(C)C(C)C)n2)c1. The first kappa shape index (κ1) is 19.3. The fraction of sp³-hybridized carbons (Fsp3) is 0.500. The third kappa shape index (κ3) is 4.29. The van der Waals surface area contributed by atoms with Crippen LogP contribution in [0.4, 0.5) is 5.82 Å². The number of aromatic nitrogens is 2. The number of anilines is 1. The monoisotopic (exact) mass is 366 g/mol. The second-order valence-electron chi connectivity index (χ2n) is 7.98. The molecule has 0 atom stereocenters. The molecule has 2 heterocycles. The van der Waals surface area contributed by atoms with Crippen LogP contribution >= 0.6 is 0 Å². The van der Waals surface area contributed by atoms with Crippen molar-refractivity contribution in [3.63, 3.8) is 0 Å². The van der Waals surface area contributed by atoms with Gasteiger partial charge in [-0.05, 0) is 45.6 Å². The standard InChI is InChI=1S/C22H30N4O/c1-15(2)25(5)21-19(22(27)26-11-9-16(3)10-12-26)14-23-20(24-21)18-8-6-7-17(4)13-18/h6-8,13-16H,9-12H2,1-5H3. The van der Waals surface area contributed by atoms with Crippen molar-refractivity contribution in [2.75, 3.05) is 25.0 Å². The number of carbonyl (C=O) groups excluding carboxylic acids is 1. The first-order chi connectivity index (χ1) is 12.9. The summed E-state index contributed by atoms with van der Waals surface area (Å²) < 4.78 is 0. The van der Waals surface area contributed by atoms with Crippen LogP contribution in [0.5, 0.6) is 0 Å². The molecule has 1 aliphatic rings. The molecule has 1 aromatic carbocycles. The van der Waals surface area contributed by atoms with Crippen LogP contribution in [-0.4, -0.2) is 47.0 Å². The second-order valence-corrected chi connectivity index (χ2v) is 7.98. The number of rotatable bonds is 4. The van der Waals surface area contributed by atoms with Crippen molar-refractivity contribution < 1.29 is 4.79 Å². The predicted molar refractivity (Wildman–Crippen MR) is 110 cm³/mol. The quantitative estimate of drug-likeness (QED) is 0.815. The Bertz CT molecular complexity index is 810. The number of aryl methyl sites for hydroxylation is 1. The van der Waals surface area contributed by atoms with E-state index in [0.717, 1.165) is 37.1 Å². The molecule has 5 heteroatoms. The van der Waals surface area contributed by atoms with E-state index in [-0.39, 0.29) is 11.9 Å². The number of hydrogen-bond acceptors (Lipinski definition) is 4. The molecule has 1 fully saturated rings. The normalized spacial score (nSPS) is 15.3. The van der Waals surface area contributed by atoms with E-state index in [1.165, 1.54) is 0 Å². The maximum Gasteiger partial charge on any atom is 0.259 e. The Labute approximate surface area is 162 Å². The maximum absolute atomic E-state index is 13.2. The molecular weight excluding hydrogens is 336 g/mol. The van der Waals surface area contributed by atoms with Crippen LogP contribution in [0.1, 0.15) is 49.5 Å². The average molecular weight is 367 g/mol. The van der Waals surface area contributed by atoms with Gasteiger partial charge >= 0.3 is 0 Å². The zero-order valence-electron chi connectivity index (χ0n) is 17.1. The summed E-state index contributed by atoms with van der Waals surface area (Å²) in [6, 6.07) is 8.38. The molecule has 3 rings (SSSR count). The molecule has 27 heavy (non-hydrogen) atoms. The van der Waals surface area contributed by atoms with E-state index in [4.69, 9.17) is 4.98 Å². The van der Waals surface area contributed by atoms with Crippen LogP contribution in [0.3, 0.4) is 0 Å². The molecule has 0 unspecified atom stereocenters. The minimum Gasteiger partial charge on any atom is -0.356 e. The van der Waals surface area contributed by atoms with E-state index in [2.05, 4.69) is 49.7 Å². The van der Waals surface area contributed by atoms with Crippen LogP contribution < -0.4 is 4.90 Å². The topological polar surface area (TPSA) is 49.3 Å². The molecule has 1 saturated heterocycles. The lowest BCUT2D eigenvalue weighted by molar-refractivity contribution is 0.0697. The fourth-order valence-electron chi connectivity index (χ4n) is 3.34. The summed E-state index contributed by atoms with van der Waals surface area (Å²) >= 11 is 0. The number of amides is 1. The van der Waals surface area contributed by atoms with Gasteiger partial charge in [-0.25, -0.2) is 9.97 Å². The van der Waals surface area contributed by atoms with Gasteiger partial charge in [0.05, 0.1) is 0 Å². The Balaban J connectivity index is 1.99. The molecule has 0 aliphatic carbocycles. The van der Waals surface area contributed by atoms with Crippen molar-refractivity contribution in [2.24, 2.45) is 5.92 Å². The highest BCUT2D eigenvalue weighted by molar-refractivity contribution is 5.99. The van der Waals surface area contributed by atoms with Crippen molar-refractivity contribution in [2.45, 2.75) is 46.6 Å². The summed E-state index contributed by atoms with van der Waals surface area (Å²) in [5, 5.41) is 0. The molecule has 0 bridgehead atoms. The van der Waals surface area contributed by atoms with Crippen molar-refractivity contribution in [3.8, 4) is 11.4 Å². The Hall–Kier alpha value is -2.43. The van der Waals surface area contributed by atoms with Crippen LogP contribution in [0.2, 0.25) is 0 Å². The van der Waals surface area contributed by atoms with Gasteiger partial charge in [0.15, 0.2) is 5.82 Å². The molecule has 0 saturated carbocycles. The lowest BCUT2D eigenvalue weighted by Gasteiger charge is -2.32. The highest BCUT2D eigenvalue weighted by Crippen LogP contribution is 2.26. The van der Waals surface area contributed by atoms with E-state index >= 15 is 0 Å². The van der Waals surface area contributed by atoms with E-state index in [9.17, 15) is 4.79 Å². The molecule has 1 aromatic heterocycles. The maximum atomic E-state index is 13.2. The zero-order valence-corrected chi connectivity index (χ0v) is 17.1. The third-order valence-corrected chi connectivity index (χ3v) is 5.45. The molecule has 0 radical (unpaired) electrons. The van der Waals surface area contributed by atoms with Gasteiger partial charge in [-0.15, -0.1) is 0 Å². The first-order valence-corrected chi connectivity index (χ1v) is 9.83. The van der Waals surface area contributed by atoms with Crippen molar-refractivity contribution in [1.29, 1.82) is 0 Å². The predicted octanol–water partition coefficient (Wildman–Crippen LogP) is 4.17. The summed E-state index contributed by atoms with van der Waals surface area (Å²) in [7, 11) is 1.99. The van der Waals surface area contributed by atoms with Crippen molar-refractivity contribution >= 4 is 11.7 Å². The Morgan fingerprint density at radius 3 is 2.59 bits per heavy atom. The molecule has 1 aliphatic heterocycles. The molecule has 5 nitrogen and oxygen atoms in total. The number of carbonyl (C=O) groups is 1. The van der Waals surface area contributed by atoms with Crippen LogP contribution in [-0.2, 0) is 0 Å². The lowest BCUT2D eigenvalue weighted by atomic mass is 9.99. The van der Waals surface area contributed by atoms with Crippen LogP contribution in [0, 0.1) is 12.8 Å². The Morgan fingerprint density at radius 2 is 1.96 bits per heavy atom. The summed E-state index contributed by atoms with van der Waals surface area (Å²) in [5.41, 5.74) is 2.73. The molecule has 1 amide bonds. The van der Waals surface area contributed by atoms with Gasteiger partial charge in [-0.1, -0.05) is 30.7 Å². The van der Waals surface area contributed by atoms with E-state index in [0.29, 0.717) is 23.1 Å². The fourth-order valence-corrected chi connectivity index (χ4v) is 3.34. The molecule has 144 valence electrons. The minimum absolute atomic E-state index is 0.0418. The second kappa shape index (κ2) is 8.07. The van der Waals surface area contributed by atoms with E-state index in [1.807, 2.05) is 24.1 Å². The smallest absolute Gasteiger partial charge is 0.259 e. The third-order valence-electron chi connectivity index (χ3n) is 5.45. The Morgan fingerprint density at radius 1 is 1.26 bits per heavy atom. The van der Waals surface area contributed by atoms with Crippen LogP contribution in [0.25, 0.3) is 11.4 Å². The minimum atomic E-state index is 0.0418. The van der Waals surface area contributed by atoms with Gasteiger partial charge < -0.3 is 9.80 Å². The molecule has 0 N–H and O–H groups in total. The number of likely N-dealkylation sites (tertiary alicyclic amines) is 1. The van der Waals surface area contributed by atoms with E-state index < -0.39 is 0 Å². The summed E-state index contributed by atoms with van der Waals surface area (Å²) in [6.07, 6.45) is 3.83. The van der Waals surface area contributed by atoms with Gasteiger partial charge in [0.1, 0.15) is 11.4 Å². The summed E-state index contributed by atoms with van der Waals surface area (Å²) in [5.74, 6) is 2.09. The van der Waals surface area contributed by atoms with E-state index in [1.54, 1.807) is 6.20 Å². The number of piperidine rings is 1. The van der Waals surface area contributed by atoms with Gasteiger partial charge in [-0.3, -0.25) is 4.79 Å². The van der Waals surface area contributed by atoms with Crippen molar-refractivity contribution in [1.82, 2.24) is 14.9 Å². The average Bonchev–Trinajstić information content (AvgIpc) is 2.67. The lowest BCUT2D eigenvalue weighted by Crippen LogP contribution is -2.39. The van der Waals surface area contributed by atoms with Gasteiger partial charge in [0, 0.05) is 37.9 Å². The molecular formula is C22H30N4O. The largest absolute Gasteiger partial charge is 0.356 e. The van der Waals surface area contributed by atoms with Gasteiger partial charge in [-0.2, -0.15) is 0 Å². The van der Waals surface area contributed by atoms with Crippen LogP contribution in [0.15, 0.2) is 30.5 Å². The highest BCUT2D eigenvalue weighted by atomic mass is 16.2. The molecule has 0 spiro atoms. The first-order valence-electron chi connectivity index (χ1n) is 9.83. The number of nitrogens with zero attached hydrogens (tertiary/aromatic N) is 4.